The van der Waals surface area contributed by atoms with Gasteiger partial charge in [-0.25, -0.2) is 9.59 Å². The second kappa shape index (κ2) is 8.51. The molecular formula is C16H25Br2NO4. The largest absolute Gasteiger partial charge is 0.467 e. The topological polar surface area (TPSA) is 55.8 Å². The Balaban J connectivity index is 3.07. The molecule has 1 aliphatic rings. The molecule has 1 rings (SSSR count). The number of amides is 1. The third kappa shape index (κ3) is 5.78. The van der Waals surface area contributed by atoms with Crippen LogP contribution in [0.3, 0.4) is 0 Å². The number of likely N-dealkylation sites (tertiary alicyclic amines) is 1. The Morgan fingerprint density at radius 1 is 1.26 bits per heavy atom. The second-order valence-electron chi connectivity index (χ2n) is 6.64. The summed E-state index contributed by atoms with van der Waals surface area (Å²) in [6.07, 6.45) is 4.94. The number of hydrogen-bond acceptors (Lipinski definition) is 4. The molecule has 0 aromatic heterocycles. The summed E-state index contributed by atoms with van der Waals surface area (Å²) in [6, 6.07) is 0. The Hall–Kier alpha value is -0.560. The van der Waals surface area contributed by atoms with Crippen molar-refractivity contribution < 1.29 is 19.1 Å². The summed E-state index contributed by atoms with van der Waals surface area (Å²) in [5.74, 6) is -0.373. The van der Waals surface area contributed by atoms with Crippen LogP contribution in [0.15, 0.2) is 9.47 Å². The molecule has 7 heteroatoms. The van der Waals surface area contributed by atoms with E-state index in [-0.39, 0.29) is 5.97 Å². The van der Waals surface area contributed by atoms with Gasteiger partial charge in [0, 0.05) is 6.54 Å². The van der Waals surface area contributed by atoms with E-state index < -0.39 is 17.2 Å². The lowest BCUT2D eigenvalue weighted by Gasteiger charge is -2.44. The van der Waals surface area contributed by atoms with E-state index in [0.29, 0.717) is 25.8 Å². The van der Waals surface area contributed by atoms with Gasteiger partial charge in [-0.3, -0.25) is 4.90 Å². The number of methoxy groups -OCH3 is 1. The van der Waals surface area contributed by atoms with Crippen LogP contribution < -0.4 is 0 Å². The summed E-state index contributed by atoms with van der Waals surface area (Å²) >= 11 is 6.62. The third-order valence-corrected chi connectivity index (χ3v) is 4.42. The monoisotopic (exact) mass is 453 g/mol. The van der Waals surface area contributed by atoms with Crippen LogP contribution in [0.25, 0.3) is 0 Å². The maximum absolute atomic E-state index is 12.6. The van der Waals surface area contributed by atoms with Crippen LogP contribution in [-0.4, -0.2) is 41.8 Å². The predicted molar refractivity (Wildman–Crippen MR) is 96.7 cm³/mol. The van der Waals surface area contributed by atoms with Crippen molar-refractivity contribution in [1.29, 1.82) is 0 Å². The summed E-state index contributed by atoms with van der Waals surface area (Å²) in [4.78, 5) is 26.7. The Bertz CT molecular complexity index is 469. The van der Waals surface area contributed by atoms with Crippen molar-refractivity contribution >= 4 is 43.9 Å². The van der Waals surface area contributed by atoms with Crippen molar-refractivity contribution in [3.63, 3.8) is 0 Å². The lowest BCUT2D eigenvalue weighted by molar-refractivity contribution is -0.158. The van der Waals surface area contributed by atoms with Gasteiger partial charge in [-0.1, -0.05) is 6.08 Å². The van der Waals surface area contributed by atoms with Crippen LogP contribution in [0.1, 0.15) is 52.9 Å². The number of allylic oxidation sites excluding steroid dienone is 1. The van der Waals surface area contributed by atoms with Crippen LogP contribution >= 0.6 is 31.9 Å². The lowest BCUT2D eigenvalue weighted by Crippen LogP contribution is -2.60. The van der Waals surface area contributed by atoms with Crippen molar-refractivity contribution in [2.45, 2.75) is 64.0 Å². The maximum atomic E-state index is 12.6. The first-order valence-corrected chi connectivity index (χ1v) is 9.31. The molecule has 1 atom stereocenters. The Kier molecular flexibility index (Phi) is 7.58. The fourth-order valence-electron chi connectivity index (χ4n) is 2.80. The molecule has 0 aromatic carbocycles. The highest BCUT2D eigenvalue weighted by Gasteiger charge is 2.49. The number of rotatable bonds is 4. The van der Waals surface area contributed by atoms with Crippen LogP contribution in [-0.2, 0) is 14.3 Å². The minimum atomic E-state index is -0.957. The van der Waals surface area contributed by atoms with Crippen molar-refractivity contribution in [3.8, 4) is 0 Å². The fourth-order valence-corrected chi connectivity index (χ4v) is 3.26. The smallest absolute Gasteiger partial charge is 0.411 e. The first-order chi connectivity index (χ1) is 10.6. The highest BCUT2D eigenvalue weighted by molar-refractivity contribution is 9.28. The quantitative estimate of drug-likeness (QED) is 0.576. The average molecular weight is 455 g/mol. The molecule has 132 valence electrons. The molecule has 1 heterocycles. The number of carbonyl (C=O) groups excluding carboxylic acids is 2. The summed E-state index contributed by atoms with van der Waals surface area (Å²) < 4.78 is 11.4. The molecule has 0 bridgehead atoms. The Labute approximate surface area is 155 Å². The first kappa shape index (κ1) is 20.5. The summed E-state index contributed by atoms with van der Waals surface area (Å²) in [5, 5.41) is 0. The zero-order valence-corrected chi connectivity index (χ0v) is 17.3. The van der Waals surface area contributed by atoms with Gasteiger partial charge in [-0.2, -0.15) is 0 Å². The minimum absolute atomic E-state index is 0.373. The zero-order chi connectivity index (χ0) is 17.7. The van der Waals surface area contributed by atoms with E-state index in [2.05, 4.69) is 31.9 Å². The number of esters is 1. The van der Waals surface area contributed by atoms with Crippen LogP contribution in [0.5, 0.6) is 0 Å². The molecule has 23 heavy (non-hydrogen) atoms. The van der Waals surface area contributed by atoms with Gasteiger partial charge in [0.1, 0.15) is 11.1 Å². The third-order valence-electron chi connectivity index (χ3n) is 3.77. The van der Waals surface area contributed by atoms with Gasteiger partial charge in [0.25, 0.3) is 0 Å². The van der Waals surface area contributed by atoms with E-state index >= 15 is 0 Å². The number of carbonyl (C=O) groups is 2. The van der Waals surface area contributed by atoms with E-state index in [1.165, 1.54) is 7.11 Å². The first-order valence-electron chi connectivity index (χ1n) is 7.72. The van der Waals surface area contributed by atoms with Gasteiger partial charge in [-0.05, 0) is 84.7 Å². The van der Waals surface area contributed by atoms with Crippen molar-refractivity contribution in [2.24, 2.45) is 0 Å². The zero-order valence-electron chi connectivity index (χ0n) is 14.2. The minimum Gasteiger partial charge on any atom is -0.467 e. The van der Waals surface area contributed by atoms with Gasteiger partial charge in [-0.15, -0.1) is 0 Å². The second-order valence-corrected chi connectivity index (χ2v) is 9.42. The molecule has 0 aromatic rings. The van der Waals surface area contributed by atoms with Gasteiger partial charge >= 0.3 is 12.1 Å². The van der Waals surface area contributed by atoms with Crippen LogP contribution in [0.4, 0.5) is 4.79 Å². The lowest BCUT2D eigenvalue weighted by atomic mass is 9.82. The summed E-state index contributed by atoms with van der Waals surface area (Å²) in [6.45, 7) is 5.96. The van der Waals surface area contributed by atoms with Gasteiger partial charge in [0.15, 0.2) is 0 Å². The number of hydrogen-bond donors (Lipinski definition) is 0. The molecule has 1 saturated heterocycles. The molecule has 0 radical (unpaired) electrons. The molecule has 1 unspecified atom stereocenters. The molecule has 0 N–H and O–H groups in total. The van der Waals surface area contributed by atoms with Crippen LogP contribution in [0, 0.1) is 0 Å². The fraction of sp³-hybridized carbons (Fsp3) is 0.750. The van der Waals surface area contributed by atoms with Gasteiger partial charge in [0.05, 0.1) is 10.5 Å². The van der Waals surface area contributed by atoms with Gasteiger partial charge < -0.3 is 9.47 Å². The number of halogens is 2. The predicted octanol–water partition coefficient (Wildman–Crippen LogP) is 4.73. The van der Waals surface area contributed by atoms with E-state index in [0.717, 1.165) is 16.2 Å². The average Bonchev–Trinajstić information content (AvgIpc) is 2.44. The van der Waals surface area contributed by atoms with Crippen LogP contribution in [0.2, 0.25) is 0 Å². The van der Waals surface area contributed by atoms with Crippen molar-refractivity contribution in [3.05, 3.63) is 9.47 Å². The van der Waals surface area contributed by atoms with E-state index in [1.807, 2.05) is 26.8 Å². The molecule has 0 spiro atoms. The van der Waals surface area contributed by atoms with E-state index in [1.54, 1.807) is 4.90 Å². The number of nitrogens with zero attached hydrogens (tertiary/aromatic N) is 1. The standard InChI is InChI=1S/C16H25Br2NO4/c1-15(2,3)23-14(21)19-11-6-5-9-16(19,13(20)22-4)10-7-8-12(17)18/h8H,5-7,9-11H2,1-4H3. The summed E-state index contributed by atoms with van der Waals surface area (Å²) in [5.41, 5.74) is -1.56. The Morgan fingerprint density at radius 3 is 2.43 bits per heavy atom. The molecule has 5 nitrogen and oxygen atoms in total. The molecule has 1 fully saturated rings. The normalized spacial score (nSPS) is 21.6. The molecule has 0 aliphatic carbocycles. The van der Waals surface area contributed by atoms with Gasteiger partial charge in [0.2, 0.25) is 0 Å². The highest BCUT2D eigenvalue weighted by atomic mass is 79.9. The molecule has 1 amide bonds. The molecule has 0 saturated carbocycles. The summed E-state index contributed by atoms with van der Waals surface area (Å²) in [7, 11) is 1.36. The SMILES string of the molecule is COC(=O)C1(CCC=C(Br)Br)CCCCN1C(=O)OC(C)(C)C. The van der Waals surface area contributed by atoms with Crippen molar-refractivity contribution in [1.82, 2.24) is 4.90 Å². The van der Waals surface area contributed by atoms with Crippen molar-refractivity contribution in [2.75, 3.05) is 13.7 Å². The van der Waals surface area contributed by atoms with E-state index in [4.69, 9.17) is 9.47 Å². The number of piperidine rings is 1. The maximum Gasteiger partial charge on any atom is 0.411 e. The number of ether oxygens (including phenoxy) is 2. The van der Waals surface area contributed by atoms with E-state index in [9.17, 15) is 9.59 Å². The molecular weight excluding hydrogens is 430 g/mol. The molecule has 1 aliphatic heterocycles. The Morgan fingerprint density at radius 2 is 1.91 bits per heavy atom. The highest BCUT2D eigenvalue weighted by Crippen LogP contribution is 2.35.